The number of ether oxygens (including phenoxy) is 1. The number of rotatable bonds is 10. The van der Waals surface area contributed by atoms with Crippen molar-refractivity contribution in [3.63, 3.8) is 0 Å². The lowest BCUT2D eigenvalue weighted by molar-refractivity contribution is 0.0612. The van der Waals surface area contributed by atoms with Crippen LogP contribution in [0.4, 0.5) is 0 Å². The molecule has 0 saturated heterocycles. The van der Waals surface area contributed by atoms with Gasteiger partial charge < -0.3 is 4.74 Å². The van der Waals surface area contributed by atoms with Crippen LogP contribution in [0.15, 0.2) is 42.5 Å². The van der Waals surface area contributed by atoms with Crippen molar-refractivity contribution in [3.05, 3.63) is 48.0 Å². The molecule has 0 fully saturated rings. The lowest BCUT2D eigenvalue weighted by Gasteiger charge is -2.02. The van der Waals surface area contributed by atoms with Gasteiger partial charge in [0.1, 0.15) is 0 Å². The van der Waals surface area contributed by atoms with Gasteiger partial charge in [-0.2, -0.15) is 0 Å². The molecule has 3 heteroatoms. The molecule has 1 rings (SSSR count). The Kier molecular flexibility index (Phi) is 9.07. The van der Waals surface area contributed by atoms with E-state index in [1.54, 1.807) is 0 Å². The molecular weight excluding hydrogens is 226 g/mol. The Morgan fingerprint density at radius 3 is 2.67 bits per heavy atom. The minimum atomic E-state index is 0.582. The number of hydroxylamine groups is 1. The van der Waals surface area contributed by atoms with Gasteiger partial charge in [-0.05, 0) is 12.0 Å². The zero-order chi connectivity index (χ0) is 12.9. The Labute approximate surface area is 110 Å². The smallest absolute Gasteiger partial charge is 0.0864 e. The van der Waals surface area contributed by atoms with Crippen molar-refractivity contribution in [2.45, 2.75) is 26.4 Å². The number of hydrogen-bond donors (Lipinski definition) is 1. The Balaban J connectivity index is 1.91. The van der Waals surface area contributed by atoms with E-state index in [1.165, 1.54) is 12.0 Å². The summed E-state index contributed by atoms with van der Waals surface area (Å²) in [7, 11) is 0. The predicted octanol–water partition coefficient (Wildman–Crippen LogP) is 3.08. The summed E-state index contributed by atoms with van der Waals surface area (Å²) in [4.78, 5) is 5.21. The highest BCUT2D eigenvalue weighted by Gasteiger charge is 1.89. The standard InChI is InChI=1S/C15H23NO2/c1-2-3-11-16-18-13-8-7-12-17-14-15-9-5-4-6-10-15/h4-10,16H,2-3,11-14H2,1H3/b8-7+. The second-order valence-electron chi connectivity index (χ2n) is 4.03. The first-order valence-corrected chi connectivity index (χ1v) is 6.54. The largest absolute Gasteiger partial charge is 0.373 e. The monoisotopic (exact) mass is 249 g/mol. The van der Waals surface area contributed by atoms with Crippen LogP contribution >= 0.6 is 0 Å². The van der Waals surface area contributed by atoms with Gasteiger partial charge in [0.15, 0.2) is 0 Å². The average Bonchev–Trinajstić information content (AvgIpc) is 2.42. The molecule has 3 nitrogen and oxygen atoms in total. The van der Waals surface area contributed by atoms with Gasteiger partial charge in [0.2, 0.25) is 0 Å². The van der Waals surface area contributed by atoms with Gasteiger partial charge in [-0.25, -0.2) is 5.48 Å². The second-order valence-corrected chi connectivity index (χ2v) is 4.03. The highest BCUT2D eigenvalue weighted by Crippen LogP contribution is 1.99. The zero-order valence-electron chi connectivity index (χ0n) is 11.1. The van der Waals surface area contributed by atoms with Gasteiger partial charge in [0.05, 0.1) is 19.8 Å². The molecule has 0 unspecified atom stereocenters. The van der Waals surface area contributed by atoms with Crippen LogP contribution in [-0.2, 0) is 16.2 Å². The van der Waals surface area contributed by atoms with Gasteiger partial charge in [-0.15, -0.1) is 0 Å². The van der Waals surface area contributed by atoms with E-state index < -0.39 is 0 Å². The fourth-order valence-corrected chi connectivity index (χ4v) is 1.38. The second kappa shape index (κ2) is 11.0. The maximum Gasteiger partial charge on any atom is 0.0864 e. The average molecular weight is 249 g/mol. The molecule has 0 aliphatic heterocycles. The molecular formula is C15H23NO2. The minimum Gasteiger partial charge on any atom is -0.373 e. The van der Waals surface area contributed by atoms with E-state index in [0.29, 0.717) is 19.8 Å². The van der Waals surface area contributed by atoms with E-state index >= 15 is 0 Å². The summed E-state index contributed by atoms with van der Waals surface area (Å²) in [6.07, 6.45) is 6.26. The molecule has 1 N–H and O–H groups in total. The summed E-state index contributed by atoms with van der Waals surface area (Å²) < 4.78 is 5.50. The quantitative estimate of drug-likeness (QED) is 0.393. The molecule has 0 spiro atoms. The van der Waals surface area contributed by atoms with Crippen LogP contribution in [0.2, 0.25) is 0 Å². The minimum absolute atomic E-state index is 0.582. The molecule has 0 aromatic heterocycles. The Morgan fingerprint density at radius 2 is 1.89 bits per heavy atom. The highest BCUT2D eigenvalue weighted by atomic mass is 16.6. The van der Waals surface area contributed by atoms with E-state index in [-0.39, 0.29) is 0 Å². The van der Waals surface area contributed by atoms with Crippen molar-refractivity contribution in [1.82, 2.24) is 5.48 Å². The van der Waals surface area contributed by atoms with Gasteiger partial charge in [0.25, 0.3) is 0 Å². The summed E-state index contributed by atoms with van der Waals surface area (Å²) in [5.41, 5.74) is 4.11. The molecule has 0 heterocycles. The van der Waals surface area contributed by atoms with E-state index in [9.17, 15) is 0 Å². The van der Waals surface area contributed by atoms with Crippen molar-refractivity contribution in [1.29, 1.82) is 0 Å². The Bertz CT molecular complexity index is 312. The first-order chi connectivity index (χ1) is 8.93. The van der Waals surface area contributed by atoms with Crippen molar-refractivity contribution in [2.24, 2.45) is 0 Å². The third kappa shape index (κ3) is 8.01. The number of unbranched alkanes of at least 4 members (excludes halogenated alkanes) is 1. The fraction of sp³-hybridized carbons (Fsp3) is 0.467. The lowest BCUT2D eigenvalue weighted by Crippen LogP contribution is -2.15. The van der Waals surface area contributed by atoms with Crippen LogP contribution in [0.1, 0.15) is 25.3 Å². The van der Waals surface area contributed by atoms with Crippen molar-refractivity contribution < 1.29 is 9.57 Å². The fourth-order valence-electron chi connectivity index (χ4n) is 1.38. The highest BCUT2D eigenvalue weighted by molar-refractivity contribution is 5.13. The van der Waals surface area contributed by atoms with Crippen molar-refractivity contribution >= 4 is 0 Å². The normalized spacial score (nSPS) is 11.2. The SMILES string of the molecule is CCCCNOC/C=C/COCc1ccccc1. The first-order valence-electron chi connectivity index (χ1n) is 6.54. The Hall–Kier alpha value is -1.16. The molecule has 1 aromatic carbocycles. The topological polar surface area (TPSA) is 30.5 Å². The molecule has 0 bridgehead atoms. The van der Waals surface area contributed by atoms with Gasteiger partial charge in [0, 0.05) is 6.54 Å². The molecule has 0 atom stereocenters. The third-order valence-corrected chi connectivity index (χ3v) is 2.41. The molecule has 0 radical (unpaired) electrons. The number of hydrogen-bond acceptors (Lipinski definition) is 3. The van der Waals surface area contributed by atoms with E-state index in [2.05, 4.69) is 24.5 Å². The third-order valence-electron chi connectivity index (χ3n) is 2.41. The summed E-state index contributed by atoms with van der Waals surface area (Å²) in [5.74, 6) is 0. The zero-order valence-corrected chi connectivity index (χ0v) is 11.1. The van der Waals surface area contributed by atoms with Gasteiger partial charge >= 0.3 is 0 Å². The van der Waals surface area contributed by atoms with Gasteiger partial charge in [-0.3, -0.25) is 4.84 Å². The summed E-state index contributed by atoms with van der Waals surface area (Å²) in [6, 6.07) is 10.2. The maximum atomic E-state index is 5.50. The van der Waals surface area contributed by atoms with Crippen LogP contribution in [0, 0.1) is 0 Å². The van der Waals surface area contributed by atoms with E-state index in [1.807, 2.05) is 30.4 Å². The number of benzene rings is 1. The number of nitrogens with one attached hydrogen (secondary N) is 1. The van der Waals surface area contributed by atoms with Crippen LogP contribution in [-0.4, -0.2) is 19.8 Å². The van der Waals surface area contributed by atoms with E-state index in [0.717, 1.165) is 13.0 Å². The molecule has 0 aliphatic rings. The van der Waals surface area contributed by atoms with Crippen LogP contribution < -0.4 is 5.48 Å². The molecule has 1 aromatic rings. The molecule has 0 saturated carbocycles. The molecule has 0 amide bonds. The molecule has 18 heavy (non-hydrogen) atoms. The van der Waals surface area contributed by atoms with Crippen LogP contribution in [0.3, 0.4) is 0 Å². The summed E-state index contributed by atoms with van der Waals surface area (Å²) >= 11 is 0. The van der Waals surface area contributed by atoms with Gasteiger partial charge in [-0.1, -0.05) is 55.8 Å². The predicted molar refractivity (Wildman–Crippen MR) is 74.1 cm³/mol. The van der Waals surface area contributed by atoms with Crippen LogP contribution in [0.25, 0.3) is 0 Å². The molecule has 0 aliphatic carbocycles. The summed E-state index contributed by atoms with van der Waals surface area (Å²) in [6.45, 7) is 4.92. The van der Waals surface area contributed by atoms with Crippen molar-refractivity contribution in [2.75, 3.05) is 19.8 Å². The Morgan fingerprint density at radius 1 is 1.11 bits per heavy atom. The maximum absolute atomic E-state index is 5.50. The molecule has 100 valence electrons. The van der Waals surface area contributed by atoms with Crippen LogP contribution in [0.5, 0.6) is 0 Å². The first kappa shape index (κ1) is 14.9. The lowest BCUT2D eigenvalue weighted by atomic mass is 10.2. The summed E-state index contributed by atoms with van der Waals surface area (Å²) in [5, 5.41) is 0. The van der Waals surface area contributed by atoms with Crippen molar-refractivity contribution in [3.8, 4) is 0 Å². The van der Waals surface area contributed by atoms with E-state index in [4.69, 9.17) is 9.57 Å².